The summed E-state index contributed by atoms with van der Waals surface area (Å²) in [5.41, 5.74) is 4.15. The highest BCUT2D eigenvalue weighted by Gasteiger charge is 2.03. The second kappa shape index (κ2) is 6.62. The molecule has 1 heterocycles. The summed E-state index contributed by atoms with van der Waals surface area (Å²) < 4.78 is 0. The molecule has 0 aliphatic rings. The van der Waals surface area contributed by atoms with Crippen LogP contribution in [0, 0.1) is 13.8 Å². The number of aromatic nitrogens is 3. The van der Waals surface area contributed by atoms with Crippen molar-refractivity contribution in [2.75, 3.05) is 10.6 Å². The van der Waals surface area contributed by atoms with E-state index >= 15 is 0 Å². The molecule has 0 atom stereocenters. The quantitative estimate of drug-likeness (QED) is 0.732. The Bertz CT molecular complexity index is 814. The minimum Gasteiger partial charge on any atom is -0.339 e. The molecule has 0 unspecified atom stereocenters. The van der Waals surface area contributed by atoms with Gasteiger partial charge in [-0.15, -0.1) is 5.10 Å². The van der Waals surface area contributed by atoms with Gasteiger partial charge in [0, 0.05) is 16.4 Å². The largest absolute Gasteiger partial charge is 0.339 e. The molecule has 0 fully saturated rings. The third kappa shape index (κ3) is 4.17. The topological polar surface area (TPSA) is 62.7 Å². The van der Waals surface area contributed by atoms with E-state index < -0.39 is 0 Å². The fraction of sp³-hybridized carbons (Fsp3) is 0.118. The van der Waals surface area contributed by atoms with Gasteiger partial charge in [0.1, 0.15) is 0 Å². The predicted molar refractivity (Wildman–Crippen MR) is 93.8 cm³/mol. The van der Waals surface area contributed by atoms with Gasteiger partial charge >= 0.3 is 0 Å². The predicted octanol–water partition coefficient (Wildman–Crippen LogP) is 4.63. The standard InChI is InChI=1S/C17H16ClN5/c1-11-6-12(2)8-15(7-11)20-16-10-19-23-17(22-16)21-14-5-3-4-13(18)9-14/h3-10H,1-2H3,(H2,20,21,22,23). The van der Waals surface area contributed by atoms with Crippen molar-refractivity contribution in [2.24, 2.45) is 0 Å². The Balaban J connectivity index is 1.79. The van der Waals surface area contributed by atoms with Crippen LogP contribution in [0.4, 0.5) is 23.1 Å². The molecular formula is C17H16ClN5. The normalized spacial score (nSPS) is 10.4. The maximum atomic E-state index is 5.97. The summed E-state index contributed by atoms with van der Waals surface area (Å²) >= 11 is 5.97. The van der Waals surface area contributed by atoms with E-state index in [9.17, 15) is 0 Å². The van der Waals surface area contributed by atoms with Gasteiger partial charge < -0.3 is 10.6 Å². The van der Waals surface area contributed by atoms with E-state index in [1.54, 1.807) is 12.3 Å². The van der Waals surface area contributed by atoms with Crippen molar-refractivity contribution < 1.29 is 0 Å². The van der Waals surface area contributed by atoms with Gasteiger partial charge in [-0.3, -0.25) is 0 Å². The van der Waals surface area contributed by atoms with Gasteiger partial charge in [-0.1, -0.05) is 23.7 Å². The molecule has 3 rings (SSSR count). The molecule has 0 saturated heterocycles. The molecule has 116 valence electrons. The van der Waals surface area contributed by atoms with Crippen molar-refractivity contribution in [2.45, 2.75) is 13.8 Å². The third-order valence-corrected chi connectivity index (χ3v) is 3.37. The van der Waals surface area contributed by atoms with E-state index in [1.807, 2.05) is 18.2 Å². The lowest BCUT2D eigenvalue weighted by Crippen LogP contribution is -2.02. The average Bonchev–Trinajstić information content (AvgIpc) is 2.46. The van der Waals surface area contributed by atoms with Crippen molar-refractivity contribution in [1.82, 2.24) is 15.2 Å². The first-order chi connectivity index (χ1) is 11.1. The lowest BCUT2D eigenvalue weighted by Gasteiger charge is -2.09. The van der Waals surface area contributed by atoms with Gasteiger partial charge in [-0.25, -0.2) is 0 Å². The van der Waals surface area contributed by atoms with Crippen molar-refractivity contribution >= 4 is 34.7 Å². The number of anilines is 4. The minimum atomic E-state index is 0.404. The Labute approximate surface area is 139 Å². The molecule has 23 heavy (non-hydrogen) atoms. The molecule has 0 bridgehead atoms. The van der Waals surface area contributed by atoms with Crippen molar-refractivity contribution in [3.63, 3.8) is 0 Å². The third-order valence-electron chi connectivity index (χ3n) is 3.13. The summed E-state index contributed by atoms with van der Waals surface area (Å²) in [7, 11) is 0. The first-order valence-electron chi connectivity index (χ1n) is 7.16. The molecule has 0 aliphatic heterocycles. The van der Waals surface area contributed by atoms with E-state index in [4.69, 9.17) is 11.6 Å². The van der Waals surface area contributed by atoms with Crippen LogP contribution in [0.1, 0.15) is 11.1 Å². The number of nitrogens with one attached hydrogen (secondary N) is 2. The smallest absolute Gasteiger partial charge is 0.249 e. The summed E-state index contributed by atoms with van der Waals surface area (Å²) in [5.74, 6) is 1.02. The highest BCUT2D eigenvalue weighted by molar-refractivity contribution is 6.30. The van der Waals surface area contributed by atoms with Crippen molar-refractivity contribution in [1.29, 1.82) is 0 Å². The number of nitrogens with zero attached hydrogens (tertiary/aromatic N) is 3. The first-order valence-corrected chi connectivity index (χ1v) is 7.54. The SMILES string of the molecule is Cc1cc(C)cc(Nc2cnnc(Nc3cccc(Cl)c3)n2)c1. The lowest BCUT2D eigenvalue weighted by molar-refractivity contribution is 0.982. The molecule has 0 saturated carbocycles. The molecule has 6 heteroatoms. The van der Waals surface area contributed by atoms with Gasteiger partial charge in [0.25, 0.3) is 0 Å². The maximum Gasteiger partial charge on any atom is 0.249 e. The van der Waals surface area contributed by atoms with Crippen molar-refractivity contribution in [3.05, 3.63) is 64.8 Å². The van der Waals surface area contributed by atoms with E-state index in [0.717, 1.165) is 11.4 Å². The zero-order chi connectivity index (χ0) is 16.2. The molecule has 1 aromatic heterocycles. The van der Waals surface area contributed by atoms with Crippen LogP contribution in [-0.2, 0) is 0 Å². The molecule has 2 aromatic carbocycles. The number of aryl methyl sites for hydroxylation is 2. The van der Waals surface area contributed by atoms with Gasteiger partial charge in [-0.2, -0.15) is 10.1 Å². The highest BCUT2D eigenvalue weighted by atomic mass is 35.5. The van der Waals surface area contributed by atoms with Gasteiger partial charge in [0.15, 0.2) is 5.82 Å². The molecule has 0 amide bonds. The molecule has 2 N–H and O–H groups in total. The Morgan fingerprint density at radius 2 is 1.70 bits per heavy atom. The zero-order valence-corrected chi connectivity index (χ0v) is 13.6. The molecular weight excluding hydrogens is 310 g/mol. The van der Waals surface area contributed by atoms with E-state index in [2.05, 4.69) is 57.9 Å². The summed E-state index contributed by atoms with van der Waals surface area (Å²) in [4.78, 5) is 4.41. The summed E-state index contributed by atoms with van der Waals surface area (Å²) in [6, 6.07) is 13.6. The van der Waals surface area contributed by atoms with E-state index in [-0.39, 0.29) is 0 Å². The Morgan fingerprint density at radius 1 is 0.913 bits per heavy atom. The van der Waals surface area contributed by atoms with Crippen LogP contribution < -0.4 is 10.6 Å². The molecule has 3 aromatic rings. The monoisotopic (exact) mass is 325 g/mol. The number of benzene rings is 2. The number of hydrogen-bond donors (Lipinski definition) is 2. The minimum absolute atomic E-state index is 0.404. The summed E-state index contributed by atoms with van der Waals surface area (Å²) in [6.45, 7) is 4.12. The average molecular weight is 326 g/mol. The fourth-order valence-corrected chi connectivity index (χ4v) is 2.50. The number of rotatable bonds is 4. The van der Waals surface area contributed by atoms with Gasteiger partial charge in [-0.05, 0) is 55.3 Å². The second-order valence-electron chi connectivity index (χ2n) is 5.30. The van der Waals surface area contributed by atoms with Crippen LogP contribution in [0.25, 0.3) is 0 Å². The Kier molecular flexibility index (Phi) is 4.39. The highest BCUT2D eigenvalue weighted by Crippen LogP contribution is 2.20. The lowest BCUT2D eigenvalue weighted by atomic mass is 10.1. The zero-order valence-electron chi connectivity index (χ0n) is 12.8. The molecule has 0 aliphatic carbocycles. The number of halogens is 1. The van der Waals surface area contributed by atoms with E-state index in [0.29, 0.717) is 16.8 Å². The second-order valence-corrected chi connectivity index (χ2v) is 5.74. The van der Waals surface area contributed by atoms with Gasteiger partial charge in [0.05, 0.1) is 6.20 Å². The van der Waals surface area contributed by atoms with Crippen molar-refractivity contribution in [3.8, 4) is 0 Å². The molecule has 5 nitrogen and oxygen atoms in total. The van der Waals surface area contributed by atoms with Crippen LogP contribution in [0.3, 0.4) is 0 Å². The molecule has 0 spiro atoms. The van der Waals surface area contributed by atoms with Crippen LogP contribution in [-0.4, -0.2) is 15.2 Å². The first kappa shape index (κ1) is 15.2. The fourth-order valence-electron chi connectivity index (χ4n) is 2.31. The van der Waals surface area contributed by atoms with Gasteiger partial charge in [0.2, 0.25) is 5.95 Å². The summed E-state index contributed by atoms with van der Waals surface area (Å²) in [5, 5.41) is 14.9. The van der Waals surface area contributed by atoms with Crippen LogP contribution >= 0.6 is 11.6 Å². The Hall–Kier alpha value is -2.66. The summed E-state index contributed by atoms with van der Waals surface area (Å²) in [6.07, 6.45) is 1.58. The number of hydrogen-bond acceptors (Lipinski definition) is 5. The van der Waals surface area contributed by atoms with E-state index in [1.165, 1.54) is 11.1 Å². The maximum absolute atomic E-state index is 5.97. The van der Waals surface area contributed by atoms with Crippen LogP contribution in [0.2, 0.25) is 5.02 Å². The molecule has 0 radical (unpaired) electrons. The van der Waals surface area contributed by atoms with Crippen LogP contribution in [0.5, 0.6) is 0 Å². The van der Waals surface area contributed by atoms with Crippen LogP contribution in [0.15, 0.2) is 48.7 Å². The Morgan fingerprint density at radius 3 is 2.43 bits per heavy atom.